The van der Waals surface area contributed by atoms with Gasteiger partial charge in [0.05, 0.1) is 11.2 Å². The summed E-state index contributed by atoms with van der Waals surface area (Å²) < 4.78 is 13.1. The summed E-state index contributed by atoms with van der Waals surface area (Å²) in [6, 6.07) is 24.7. The molecule has 0 bridgehead atoms. The van der Waals surface area contributed by atoms with Crippen LogP contribution in [0, 0.1) is 12.7 Å². The molecule has 0 amide bonds. The zero-order valence-corrected chi connectivity index (χ0v) is 17.6. The fourth-order valence-corrected chi connectivity index (χ4v) is 4.01. The minimum absolute atomic E-state index is 0.253. The van der Waals surface area contributed by atoms with Crippen molar-refractivity contribution in [3.63, 3.8) is 0 Å². The van der Waals surface area contributed by atoms with E-state index in [-0.39, 0.29) is 5.82 Å². The van der Waals surface area contributed by atoms with E-state index in [4.69, 9.17) is 11.6 Å². The van der Waals surface area contributed by atoms with Crippen molar-refractivity contribution < 1.29 is 4.39 Å². The second-order valence-corrected chi connectivity index (χ2v) is 8.02. The lowest BCUT2D eigenvalue weighted by Gasteiger charge is -2.08. The van der Waals surface area contributed by atoms with Crippen molar-refractivity contribution in [2.45, 2.75) is 6.92 Å². The van der Waals surface area contributed by atoms with E-state index in [1.807, 2.05) is 43.6 Å². The molecule has 0 unspecified atom stereocenters. The van der Waals surface area contributed by atoms with E-state index in [1.54, 1.807) is 12.1 Å². The summed E-state index contributed by atoms with van der Waals surface area (Å²) in [6.45, 7) is 2.04. The number of nitrogens with zero attached hydrogens (tertiary/aromatic N) is 2. The van der Waals surface area contributed by atoms with Crippen LogP contribution in [0.2, 0.25) is 5.02 Å². The lowest BCUT2D eigenvalue weighted by molar-refractivity contribution is 0.628. The Morgan fingerprint density at radius 3 is 2.13 bits per heavy atom. The van der Waals surface area contributed by atoms with Gasteiger partial charge in [0.1, 0.15) is 5.82 Å². The molecule has 0 radical (unpaired) electrons. The first-order valence-corrected chi connectivity index (χ1v) is 10.3. The highest BCUT2D eigenvalue weighted by Gasteiger charge is 2.07. The van der Waals surface area contributed by atoms with Crippen LogP contribution in [-0.4, -0.2) is 9.97 Å². The maximum absolute atomic E-state index is 13.1. The minimum atomic E-state index is -0.253. The van der Waals surface area contributed by atoms with Crippen LogP contribution < -0.4 is 0 Å². The van der Waals surface area contributed by atoms with E-state index in [0.717, 1.165) is 55.0 Å². The van der Waals surface area contributed by atoms with Crippen LogP contribution in [0.3, 0.4) is 0 Å². The molecule has 150 valence electrons. The first-order valence-electron chi connectivity index (χ1n) is 9.95. The average Bonchev–Trinajstić information content (AvgIpc) is 2.78. The van der Waals surface area contributed by atoms with Crippen LogP contribution in [0.5, 0.6) is 0 Å². The van der Waals surface area contributed by atoms with Gasteiger partial charge in [0.15, 0.2) is 0 Å². The molecule has 0 fully saturated rings. The van der Waals surface area contributed by atoms with Crippen molar-refractivity contribution in [1.82, 2.24) is 9.97 Å². The normalized spacial score (nSPS) is 11.1. The summed E-state index contributed by atoms with van der Waals surface area (Å²) in [5, 5.41) is 1.79. The molecule has 0 saturated heterocycles. The van der Waals surface area contributed by atoms with Gasteiger partial charge < -0.3 is 0 Å². The number of rotatable bonds is 3. The van der Waals surface area contributed by atoms with Crippen molar-refractivity contribution in [2.75, 3.05) is 0 Å². The summed E-state index contributed by atoms with van der Waals surface area (Å²) in [5.41, 5.74) is 7.89. The first kappa shape index (κ1) is 19.4. The van der Waals surface area contributed by atoms with E-state index in [0.29, 0.717) is 0 Å². The molecule has 0 atom stereocenters. The number of halogens is 2. The number of hydrogen-bond donors (Lipinski definition) is 0. The number of pyridine rings is 2. The summed E-state index contributed by atoms with van der Waals surface area (Å²) in [5.74, 6) is -0.253. The molecule has 0 aliphatic rings. The fourth-order valence-electron chi connectivity index (χ4n) is 3.72. The number of aromatic nitrogens is 2. The molecule has 2 aromatic heterocycles. The molecule has 4 heteroatoms. The Bertz CT molecular complexity index is 1370. The van der Waals surface area contributed by atoms with Gasteiger partial charge >= 0.3 is 0 Å². The molecule has 31 heavy (non-hydrogen) atoms. The Hall–Kier alpha value is -3.56. The number of fused-ring (bicyclic) bond motifs is 1. The fraction of sp³-hybridized carbons (Fsp3) is 0.0370. The highest BCUT2D eigenvalue weighted by atomic mass is 35.5. The third-order valence-electron chi connectivity index (χ3n) is 5.30. The van der Waals surface area contributed by atoms with Gasteiger partial charge in [-0.25, -0.2) is 4.39 Å². The van der Waals surface area contributed by atoms with Gasteiger partial charge in [-0.3, -0.25) is 9.97 Å². The SMILES string of the molecule is Cc1cc(Cl)cc(-c2ccc3cc(-c4ccc(-c5ccc(F)cc5)nc4)cnc3c2)c1. The van der Waals surface area contributed by atoms with Crippen molar-refractivity contribution in [2.24, 2.45) is 0 Å². The van der Waals surface area contributed by atoms with Crippen LogP contribution in [0.4, 0.5) is 4.39 Å². The molecule has 3 aromatic carbocycles. The first-order chi connectivity index (χ1) is 15.0. The van der Waals surface area contributed by atoms with Crippen molar-refractivity contribution in [3.8, 4) is 33.5 Å². The van der Waals surface area contributed by atoms with Gasteiger partial charge in [-0.2, -0.15) is 0 Å². The minimum Gasteiger partial charge on any atom is -0.256 e. The van der Waals surface area contributed by atoms with Gasteiger partial charge in [0, 0.05) is 39.5 Å². The lowest BCUT2D eigenvalue weighted by Crippen LogP contribution is -1.88. The third-order valence-corrected chi connectivity index (χ3v) is 5.51. The standard InChI is InChI=1S/C27H18ClFN2/c1-17-10-22(13-24(28)11-17)19-2-3-20-12-23(16-31-27(20)14-19)21-6-9-26(30-15-21)18-4-7-25(29)8-5-18/h2-16H,1H3. The average molecular weight is 425 g/mol. The lowest BCUT2D eigenvalue weighted by atomic mass is 10.0. The monoisotopic (exact) mass is 424 g/mol. The highest BCUT2D eigenvalue weighted by Crippen LogP contribution is 2.29. The molecule has 0 saturated carbocycles. The van der Waals surface area contributed by atoms with Crippen molar-refractivity contribution in [1.29, 1.82) is 0 Å². The van der Waals surface area contributed by atoms with Crippen molar-refractivity contribution >= 4 is 22.5 Å². The molecule has 0 N–H and O–H groups in total. The molecule has 5 aromatic rings. The van der Waals surface area contributed by atoms with Gasteiger partial charge in [0.25, 0.3) is 0 Å². The van der Waals surface area contributed by atoms with Crippen LogP contribution in [0.1, 0.15) is 5.56 Å². The summed E-state index contributed by atoms with van der Waals surface area (Å²) >= 11 is 6.23. The van der Waals surface area contributed by atoms with Crippen LogP contribution >= 0.6 is 11.6 Å². The Labute approximate surface area is 185 Å². The zero-order chi connectivity index (χ0) is 21.4. The number of aryl methyl sites for hydroxylation is 1. The van der Waals surface area contributed by atoms with E-state index in [9.17, 15) is 4.39 Å². The number of benzene rings is 3. The smallest absolute Gasteiger partial charge is 0.123 e. The van der Waals surface area contributed by atoms with Crippen LogP contribution in [-0.2, 0) is 0 Å². The Balaban J connectivity index is 1.46. The summed E-state index contributed by atoms with van der Waals surface area (Å²) in [6.07, 6.45) is 3.69. The Kier molecular flexibility index (Phi) is 4.97. The zero-order valence-electron chi connectivity index (χ0n) is 16.8. The summed E-state index contributed by atoms with van der Waals surface area (Å²) in [4.78, 5) is 9.22. The van der Waals surface area contributed by atoms with E-state index in [1.165, 1.54) is 12.1 Å². The predicted molar refractivity (Wildman–Crippen MR) is 126 cm³/mol. The van der Waals surface area contributed by atoms with E-state index >= 15 is 0 Å². The molecule has 5 rings (SSSR count). The largest absolute Gasteiger partial charge is 0.256 e. The molecular formula is C27H18ClFN2. The number of hydrogen-bond acceptors (Lipinski definition) is 2. The van der Waals surface area contributed by atoms with E-state index in [2.05, 4.69) is 40.3 Å². The predicted octanol–water partition coefficient (Wildman–Crippen LogP) is 7.73. The van der Waals surface area contributed by atoms with E-state index < -0.39 is 0 Å². The maximum atomic E-state index is 13.1. The third kappa shape index (κ3) is 4.05. The van der Waals surface area contributed by atoms with Crippen LogP contribution in [0.25, 0.3) is 44.4 Å². The highest BCUT2D eigenvalue weighted by molar-refractivity contribution is 6.31. The Morgan fingerprint density at radius 1 is 0.645 bits per heavy atom. The molecule has 0 aliphatic heterocycles. The second-order valence-electron chi connectivity index (χ2n) is 7.59. The van der Waals surface area contributed by atoms with Gasteiger partial charge in [0.2, 0.25) is 0 Å². The van der Waals surface area contributed by atoms with Gasteiger partial charge in [-0.15, -0.1) is 0 Å². The molecule has 2 nitrogen and oxygen atoms in total. The van der Waals surface area contributed by atoms with Crippen molar-refractivity contribution in [3.05, 3.63) is 108 Å². The maximum Gasteiger partial charge on any atom is 0.123 e. The molecule has 2 heterocycles. The molecule has 0 spiro atoms. The van der Waals surface area contributed by atoms with Gasteiger partial charge in [-0.1, -0.05) is 35.9 Å². The summed E-state index contributed by atoms with van der Waals surface area (Å²) in [7, 11) is 0. The quantitative estimate of drug-likeness (QED) is 0.296. The topological polar surface area (TPSA) is 25.8 Å². The molecule has 0 aliphatic carbocycles. The van der Waals surface area contributed by atoms with Crippen LogP contribution in [0.15, 0.2) is 91.3 Å². The second kappa shape index (κ2) is 7.93. The van der Waals surface area contributed by atoms with Gasteiger partial charge in [-0.05, 0) is 78.2 Å². The Morgan fingerprint density at radius 2 is 1.39 bits per heavy atom. The molecular weight excluding hydrogens is 407 g/mol.